The summed E-state index contributed by atoms with van der Waals surface area (Å²) in [4.78, 5) is 10.6. The fourth-order valence-electron chi connectivity index (χ4n) is 0.802. The van der Waals surface area contributed by atoms with Gasteiger partial charge in [-0.2, -0.15) is 0 Å². The molecule has 0 aromatic carbocycles. The van der Waals surface area contributed by atoms with Crippen molar-refractivity contribution in [2.45, 2.75) is 19.8 Å². The van der Waals surface area contributed by atoms with Crippen LogP contribution in [0.3, 0.4) is 0 Å². The average molecular weight is 180 g/mol. The lowest BCUT2D eigenvalue weighted by Gasteiger charge is -2.04. The quantitative estimate of drug-likeness (QED) is 0.342. The molecule has 0 aromatic rings. The van der Waals surface area contributed by atoms with Crippen molar-refractivity contribution < 1.29 is 9.53 Å². The van der Waals surface area contributed by atoms with Crippen molar-refractivity contribution >= 4 is 5.78 Å². The molecule has 0 aliphatic rings. The molecule has 2 heteroatoms. The van der Waals surface area contributed by atoms with E-state index in [1.54, 1.807) is 25.2 Å². The molecule has 0 unspecified atom stereocenters. The van der Waals surface area contributed by atoms with Crippen LogP contribution < -0.4 is 0 Å². The Bertz CT molecular complexity index is 214. The number of ketones is 1. The summed E-state index contributed by atoms with van der Waals surface area (Å²) >= 11 is 0. The van der Waals surface area contributed by atoms with Gasteiger partial charge in [0, 0.05) is 6.42 Å². The largest absolute Gasteiger partial charge is 0.494 e. The van der Waals surface area contributed by atoms with E-state index in [2.05, 4.69) is 13.2 Å². The molecule has 0 aliphatic heterocycles. The monoisotopic (exact) mass is 180 g/mol. The SMILES string of the molecule is C=C/C=C(\C=C)OCCCC(C)=O. The van der Waals surface area contributed by atoms with Gasteiger partial charge in [-0.25, -0.2) is 0 Å². The maximum atomic E-state index is 10.6. The van der Waals surface area contributed by atoms with Gasteiger partial charge in [0.25, 0.3) is 0 Å². The van der Waals surface area contributed by atoms with Crippen LogP contribution >= 0.6 is 0 Å². The summed E-state index contributed by atoms with van der Waals surface area (Å²) in [6, 6.07) is 0. The van der Waals surface area contributed by atoms with E-state index in [-0.39, 0.29) is 5.78 Å². The van der Waals surface area contributed by atoms with Crippen molar-refractivity contribution in [1.82, 2.24) is 0 Å². The van der Waals surface area contributed by atoms with Gasteiger partial charge in [-0.3, -0.25) is 0 Å². The fourth-order valence-corrected chi connectivity index (χ4v) is 0.802. The molecule has 0 saturated heterocycles. The van der Waals surface area contributed by atoms with E-state index in [1.807, 2.05) is 0 Å². The summed E-state index contributed by atoms with van der Waals surface area (Å²) in [5, 5.41) is 0. The maximum Gasteiger partial charge on any atom is 0.129 e. The van der Waals surface area contributed by atoms with Crippen molar-refractivity contribution in [1.29, 1.82) is 0 Å². The molecule has 0 bridgehead atoms. The Kier molecular flexibility index (Phi) is 6.60. The third-order valence-electron chi connectivity index (χ3n) is 1.43. The molecule has 0 radical (unpaired) electrons. The first-order chi connectivity index (χ1) is 6.20. The number of hydrogen-bond donors (Lipinski definition) is 0. The van der Waals surface area contributed by atoms with Crippen LogP contribution in [0.1, 0.15) is 19.8 Å². The zero-order valence-electron chi connectivity index (χ0n) is 8.08. The van der Waals surface area contributed by atoms with E-state index >= 15 is 0 Å². The normalized spacial score (nSPS) is 10.7. The second-order valence-corrected chi connectivity index (χ2v) is 2.66. The highest BCUT2D eigenvalue weighted by Crippen LogP contribution is 2.01. The van der Waals surface area contributed by atoms with Gasteiger partial charge in [-0.1, -0.05) is 19.2 Å². The number of Topliss-reactive ketones (excluding diaryl/α,β-unsaturated/α-hetero) is 1. The van der Waals surface area contributed by atoms with Gasteiger partial charge in [-0.05, 0) is 25.5 Å². The number of carbonyl (C=O) groups is 1. The number of ether oxygens (including phenoxy) is 1. The summed E-state index contributed by atoms with van der Waals surface area (Å²) in [6.07, 6.45) is 6.31. The topological polar surface area (TPSA) is 26.3 Å². The molecule has 0 atom stereocenters. The van der Waals surface area contributed by atoms with Gasteiger partial charge in [0.1, 0.15) is 11.5 Å². The first kappa shape index (κ1) is 11.7. The molecule has 0 spiro atoms. The van der Waals surface area contributed by atoms with E-state index in [1.165, 1.54) is 0 Å². The van der Waals surface area contributed by atoms with Crippen molar-refractivity contribution in [3.8, 4) is 0 Å². The molecule has 0 amide bonds. The fraction of sp³-hybridized carbons (Fsp3) is 0.364. The number of rotatable bonds is 7. The molecule has 2 nitrogen and oxygen atoms in total. The summed E-state index contributed by atoms with van der Waals surface area (Å²) in [6.45, 7) is 9.26. The molecular formula is C11H16O2. The van der Waals surface area contributed by atoms with E-state index in [0.29, 0.717) is 18.8 Å². The average Bonchev–Trinajstić information content (AvgIpc) is 2.10. The number of hydrogen-bond acceptors (Lipinski definition) is 2. The van der Waals surface area contributed by atoms with Crippen molar-refractivity contribution in [3.05, 3.63) is 37.1 Å². The van der Waals surface area contributed by atoms with E-state index in [4.69, 9.17) is 4.74 Å². The minimum Gasteiger partial charge on any atom is -0.494 e. The Labute approximate surface area is 79.6 Å². The van der Waals surface area contributed by atoms with Crippen LogP contribution in [0.5, 0.6) is 0 Å². The third kappa shape index (κ3) is 7.06. The molecule has 13 heavy (non-hydrogen) atoms. The van der Waals surface area contributed by atoms with Crippen LogP contribution in [0.2, 0.25) is 0 Å². The minimum atomic E-state index is 0.191. The Hall–Kier alpha value is -1.31. The number of allylic oxidation sites excluding steroid dienone is 3. The van der Waals surface area contributed by atoms with E-state index < -0.39 is 0 Å². The Balaban J connectivity index is 3.61. The second-order valence-electron chi connectivity index (χ2n) is 2.66. The summed E-state index contributed by atoms with van der Waals surface area (Å²) < 4.78 is 5.30. The Morgan fingerprint density at radius 2 is 2.15 bits per heavy atom. The summed E-state index contributed by atoms with van der Waals surface area (Å²) in [7, 11) is 0. The van der Waals surface area contributed by atoms with Gasteiger partial charge >= 0.3 is 0 Å². The predicted octanol–water partition coefficient (Wildman–Crippen LogP) is 2.63. The van der Waals surface area contributed by atoms with Crippen molar-refractivity contribution in [3.63, 3.8) is 0 Å². The molecule has 0 aliphatic carbocycles. The molecule has 0 aromatic heterocycles. The Morgan fingerprint density at radius 1 is 1.46 bits per heavy atom. The lowest BCUT2D eigenvalue weighted by Crippen LogP contribution is -1.97. The smallest absolute Gasteiger partial charge is 0.129 e. The van der Waals surface area contributed by atoms with E-state index in [0.717, 1.165) is 6.42 Å². The lowest BCUT2D eigenvalue weighted by atomic mass is 10.2. The summed E-state index contributed by atoms with van der Waals surface area (Å²) in [5.74, 6) is 0.884. The third-order valence-corrected chi connectivity index (χ3v) is 1.43. The first-order valence-electron chi connectivity index (χ1n) is 4.28. The highest BCUT2D eigenvalue weighted by molar-refractivity contribution is 5.75. The van der Waals surface area contributed by atoms with Gasteiger partial charge in [0.05, 0.1) is 6.61 Å². The van der Waals surface area contributed by atoms with Gasteiger partial charge < -0.3 is 9.53 Å². The van der Waals surface area contributed by atoms with Gasteiger partial charge in [-0.15, -0.1) is 0 Å². The molecule has 0 saturated carbocycles. The Morgan fingerprint density at radius 3 is 2.62 bits per heavy atom. The highest BCUT2D eigenvalue weighted by atomic mass is 16.5. The zero-order valence-corrected chi connectivity index (χ0v) is 8.08. The number of carbonyl (C=O) groups excluding carboxylic acids is 1. The van der Waals surface area contributed by atoms with Crippen LogP contribution in [-0.4, -0.2) is 12.4 Å². The summed E-state index contributed by atoms with van der Waals surface area (Å²) in [5.41, 5.74) is 0. The van der Waals surface area contributed by atoms with Crippen LogP contribution in [0.4, 0.5) is 0 Å². The first-order valence-corrected chi connectivity index (χ1v) is 4.28. The zero-order chi connectivity index (χ0) is 10.1. The highest BCUT2D eigenvalue weighted by Gasteiger charge is 1.94. The maximum absolute atomic E-state index is 10.6. The van der Waals surface area contributed by atoms with Crippen molar-refractivity contribution in [2.75, 3.05) is 6.61 Å². The predicted molar refractivity (Wildman–Crippen MR) is 54.3 cm³/mol. The van der Waals surface area contributed by atoms with Gasteiger partial charge in [0.2, 0.25) is 0 Å². The van der Waals surface area contributed by atoms with Crippen LogP contribution in [0.15, 0.2) is 37.1 Å². The van der Waals surface area contributed by atoms with Crippen LogP contribution in [0, 0.1) is 0 Å². The molecule has 0 fully saturated rings. The van der Waals surface area contributed by atoms with E-state index in [9.17, 15) is 4.79 Å². The molecule has 0 rings (SSSR count). The molecular weight excluding hydrogens is 164 g/mol. The molecule has 0 N–H and O–H groups in total. The van der Waals surface area contributed by atoms with Gasteiger partial charge in [0.15, 0.2) is 0 Å². The standard InChI is InChI=1S/C11H16O2/c1-4-7-11(5-2)13-9-6-8-10(3)12/h4-5,7H,1-2,6,8-9H2,3H3/b11-7+. The lowest BCUT2D eigenvalue weighted by molar-refractivity contribution is -0.117. The molecule has 72 valence electrons. The van der Waals surface area contributed by atoms with Crippen LogP contribution in [0.25, 0.3) is 0 Å². The molecule has 0 heterocycles. The minimum absolute atomic E-state index is 0.191. The second kappa shape index (κ2) is 7.35. The van der Waals surface area contributed by atoms with Crippen LogP contribution in [-0.2, 0) is 9.53 Å². The van der Waals surface area contributed by atoms with Crippen molar-refractivity contribution in [2.24, 2.45) is 0 Å².